The van der Waals surface area contributed by atoms with Crippen molar-refractivity contribution in [3.05, 3.63) is 11.7 Å². The highest BCUT2D eigenvalue weighted by Crippen LogP contribution is 2.30. The molecular weight excluding hydrogens is 266 g/mol. The van der Waals surface area contributed by atoms with Gasteiger partial charge in [-0.25, -0.2) is 0 Å². The lowest BCUT2D eigenvalue weighted by atomic mass is 9.88. The summed E-state index contributed by atoms with van der Waals surface area (Å²) in [5.74, 6) is 2.61. The number of aromatic nitrogens is 2. The molecule has 122 valence electrons. The second kappa shape index (κ2) is 8.49. The molecule has 1 unspecified atom stereocenters. The van der Waals surface area contributed by atoms with Crippen molar-refractivity contribution in [2.75, 3.05) is 13.7 Å². The van der Waals surface area contributed by atoms with Gasteiger partial charge in [-0.05, 0) is 44.1 Å². The lowest BCUT2D eigenvalue weighted by molar-refractivity contribution is -0.0306. The van der Waals surface area contributed by atoms with Gasteiger partial charge in [-0.3, -0.25) is 0 Å². The van der Waals surface area contributed by atoms with Crippen molar-refractivity contribution < 1.29 is 9.26 Å². The number of hydrogen-bond acceptors (Lipinski definition) is 5. The summed E-state index contributed by atoms with van der Waals surface area (Å²) in [7, 11) is 1.71. The van der Waals surface area contributed by atoms with Crippen LogP contribution in [-0.2, 0) is 16.8 Å². The fraction of sp³-hybridized carbons (Fsp3) is 0.875. The minimum Gasteiger partial charge on any atom is -0.370 e. The number of rotatable bonds is 10. The van der Waals surface area contributed by atoms with E-state index < -0.39 is 5.60 Å². The predicted octanol–water partition coefficient (Wildman–Crippen LogP) is 3.28. The summed E-state index contributed by atoms with van der Waals surface area (Å²) in [5.41, 5.74) is 5.26. The van der Waals surface area contributed by atoms with Gasteiger partial charge in [0, 0.05) is 13.5 Å². The normalized spacial score (nSPS) is 13.9. The van der Waals surface area contributed by atoms with Gasteiger partial charge in [-0.15, -0.1) is 0 Å². The van der Waals surface area contributed by atoms with E-state index in [1.807, 2.05) is 0 Å². The van der Waals surface area contributed by atoms with Gasteiger partial charge in [0.1, 0.15) is 5.60 Å². The Morgan fingerprint density at radius 1 is 1.24 bits per heavy atom. The van der Waals surface area contributed by atoms with Crippen LogP contribution in [0, 0.1) is 11.8 Å². The van der Waals surface area contributed by atoms with Crippen LogP contribution in [0.3, 0.4) is 0 Å². The van der Waals surface area contributed by atoms with Crippen molar-refractivity contribution in [3.8, 4) is 0 Å². The zero-order valence-electron chi connectivity index (χ0n) is 14.2. The van der Waals surface area contributed by atoms with E-state index in [1.54, 1.807) is 7.11 Å². The SMILES string of the molecule is CCC(CC)(OC)c1noc(CCC(CCN)C(C)C)n1. The molecule has 0 aromatic carbocycles. The summed E-state index contributed by atoms with van der Waals surface area (Å²) >= 11 is 0. The van der Waals surface area contributed by atoms with Gasteiger partial charge >= 0.3 is 0 Å². The van der Waals surface area contributed by atoms with Gasteiger partial charge in [0.25, 0.3) is 0 Å². The van der Waals surface area contributed by atoms with Crippen molar-refractivity contribution in [2.45, 2.75) is 65.4 Å². The molecule has 0 aliphatic carbocycles. The fourth-order valence-corrected chi connectivity index (χ4v) is 2.82. The second-order valence-corrected chi connectivity index (χ2v) is 6.04. The second-order valence-electron chi connectivity index (χ2n) is 6.04. The van der Waals surface area contributed by atoms with Crippen LogP contribution in [0.25, 0.3) is 0 Å². The molecule has 21 heavy (non-hydrogen) atoms. The Kier molecular flexibility index (Phi) is 7.32. The molecule has 5 heteroatoms. The first-order chi connectivity index (χ1) is 10.0. The molecule has 1 rings (SSSR count). The van der Waals surface area contributed by atoms with Crippen LogP contribution >= 0.6 is 0 Å². The van der Waals surface area contributed by atoms with Crippen LogP contribution in [-0.4, -0.2) is 23.8 Å². The molecule has 0 amide bonds. The van der Waals surface area contributed by atoms with Gasteiger partial charge in [0.2, 0.25) is 11.7 Å². The third kappa shape index (κ3) is 4.51. The average Bonchev–Trinajstić information content (AvgIpc) is 2.95. The average molecular weight is 297 g/mol. The lowest BCUT2D eigenvalue weighted by Gasteiger charge is -2.25. The molecule has 0 fully saturated rings. The molecule has 1 aromatic heterocycles. The molecule has 0 aliphatic rings. The minimum atomic E-state index is -0.420. The summed E-state index contributed by atoms with van der Waals surface area (Å²) in [6.45, 7) is 9.38. The highest BCUT2D eigenvalue weighted by Gasteiger charge is 2.33. The quantitative estimate of drug-likeness (QED) is 0.717. The molecular formula is C16H31N3O2. The molecule has 2 N–H and O–H groups in total. The van der Waals surface area contributed by atoms with E-state index in [1.165, 1.54) is 0 Å². The highest BCUT2D eigenvalue weighted by atomic mass is 16.5. The maximum absolute atomic E-state index is 5.68. The van der Waals surface area contributed by atoms with E-state index in [4.69, 9.17) is 15.0 Å². The van der Waals surface area contributed by atoms with E-state index in [-0.39, 0.29) is 0 Å². The summed E-state index contributed by atoms with van der Waals surface area (Å²) in [6, 6.07) is 0. The molecule has 5 nitrogen and oxygen atoms in total. The molecule has 0 spiro atoms. The number of nitrogens with two attached hydrogens (primary N) is 1. The van der Waals surface area contributed by atoms with Crippen LogP contribution < -0.4 is 5.73 Å². The van der Waals surface area contributed by atoms with Crippen LogP contribution in [0.15, 0.2) is 4.52 Å². The van der Waals surface area contributed by atoms with Crippen molar-refractivity contribution in [3.63, 3.8) is 0 Å². The standard InChI is InChI=1S/C16H31N3O2/c1-6-16(7-2,20-5)15-18-14(21-19-15)9-8-13(10-11-17)12(3)4/h12-13H,6-11,17H2,1-5H3. The lowest BCUT2D eigenvalue weighted by Crippen LogP contribution is -2.28. The van der Waals surface area contributed by atoms with Crippen molar-refractivity contribution in [1.29, 1.82) is 0 Å². The maximum atomic E-state index is 5.68. The van der Waals surface area contributed by atoms with Crippen LogP contribution in [0.5, 0.6) is 0 Å². The Hall–Kier alpha value is -0.940. The molecule has 0 radical (unpaired) electrons. The largest absolute Gasteiger partial charge is 0.370 e. The molecule has 1 heterocycles. The van der Waals surface area contributed by atoms with Gasteiger partial charge < -0.3 is 15.0 Å². The Morgan fingerprint density at radius 3 is 2.38 bits per heavy atom. The molecule has 1 aromatic rings. The summed E-state index contributed by atoms with van der Waals surface area (Å²) < 4.78 is 11.0. The van der Waals surface area contributed by atoms with E-state index in [0.717, 1.165) is 38.6 Å². The van der Waals surface area contributed by atoms with Crippen LogP contribution in [0.2, 0.25) is 0 Å². The van der Waals surface area contributed by atoms with Gasteiger partial charge in [-0.1, -0.05) is 32.9 Å². The number of ether oxygens (including phenoxy) is 1. The van der Waals surface area contributed by atoms with Crippen molar-refractivity contribution in [2.24, 2.45) is 17.6 Å². The summed E-state index contributed by atoms with van der Waals surface area (Å²) in [4.78, 5) is 4.55. The molecule has 0 saturated carbocycles. The Bertz CT molecular complexity index is 392. The maximum Gasteiger partial charge on any atom is 0.226 e. The fourth-order valence-electron chi connectivity index (χ4n) is 2.82. The predicted molar refractivity (Wildman–Crippen MR) is 83.9 cm³/mol. The summed E-state index contributed by atoms with van der Waals surface area (Å²) in [6.07, 6.45) is 4.56. The molecule has 0 bridgehead atoms. The number of aryl methyl sites for hydroxylation is 1. The van der Waals surface area contributed by atoms with Crippen molar-refractivity contribution >= 4 is 0 Å². The monoisotopic (exact) mass is 297 g/mol. The van der Waals surface area contributed by atoms with Crippen LogP contribution in [0.1, 0.15) is 65.1 Å². The van der Waals surface area contributed by atoms with Gasteiger partial charge in [-0.2, -0.15) is 4.98 Å². The zero-order chi connectivity index (χ0) is 15.9. The van der Waals surface area contributed by atoms with Crippen molar-refractivity contribution in [1.82, 2.24) is 10.1 Å². The third-order valence-electron chi connectivity index (χ3n) is 4.62. The van der Waals surface area contributed by atoms with E-state index in [0.29, 0.717) is 23.6 Å². The molecule has 0 aliphatic heterocycles. The summed E-state index contributed by atoms with van der Waals surface area (Å²) in [5, 5.41) is 4.13. The minimum absolute atomic E-state index is 0.420. The topological polar surface area (TPSA) is 74.2 Å². The van der Waals surface area contributed by atoms with Gasteiger partial charge in [0.15, 0.2) is 0 Å². The van der Waals surface area contributed by atoms with E-state index in [9.17, 15) is 0 Å². The smallest absolute Gasteiger partial charge is 0.226 e. The molecule has 0 saturated heterocycles. The number of nitrogens with zero attached hydrogens (tertiary/aromatic N) is 2. The van der Waals surface area contributed by atoms with E-state index in [2.05, 4.69) is 37.8 Å². The first-order valence-corrected chi connectivity index (χ1v) is 8.11. The van der Waals surface area contributed by atoms with Crippen LogP contribution in [0.4, 0.5) is 0 Å². The first kappa shape index (κ1) is 18.1. The number of hydrogen-bond donors (Lipinski definition) is 1. The third-order valence-corrected chi connectivity index (χ3v) is 4.62. The first-order valence-electron chi connectivity index (χ1n) is 8.11. The Morgan fingerprint density at radius 2 is 1.90 bits per heavy atom. The molecule has 1 atom stereocenters. The Labute approximate surface area is 128 Å². The van der Waals surface area contributed by atoms with E-state index >= 15 is 0 Å². The zero-order valence-corrected chi connectivity index (χ0v) is 14.2. The number of methoxy groups -OCH3 is 1. The van der Waals surface area contributed by atoms with Gasteiger partial charge in [0.05, 0.1) is 0 Å². The highest BCUT2D eigenvalue weighted by molar-refractivity contribution is 5.01. The Balaban J connectivity index is 2.71.